The van der Waals surface area contributed by atoms with Crippen LogP contribution in [-0.2, 0) is 4.79 Å². The second-order valence-corrected chi connectivity index (χ2v) is 6.21. The minimum atomic E-state index is -1.13. The predicted molar refractivity (Wildman–Crippen MR) is 76.1 cm³/mol. The molecule has 1 rings (SSSR count). The summed E-state index contributed by atoms with van der Waals surface area (Å²) in [4.78, 5) is 12.0. The van der Waals surface area contributed by atoms with Gasteiger partial charge >= 0.3 is 5.97 Å². The van der Waals surface area contributed by atoms with E-state index in [-0.39, 0.29) is 0 Å². The molecule has 1 aromatic rings. The van der Waals surface area contributed by atoms with Gasteiger partial charge in [-0.15, -0.1) is 11.8 Å². The Labute approximate surface area is 113 Å². The number of hydrogen-bond donors (Lipinski definition) is 2. The summed E-state index contributed by atoms with van der Waals surface area (Å²) >= 11 is 1.64. The third-order valence-electron chi connectivity index (χ3n) is 2.93. The molecule has 0 bridgehead atoms. The van der Waals surface area contributed by atoms with E-state index in [0.29, 0.717) is 18.1 Å². The summed E-state index contributed by atoms with van der Waals surface area (Å²) < 4.78 is 0. The van der Waals surface area contributed by atoms with Crippen molar-refractivity contribution in [3.63, 3.8) is 0 Å². The number of thioether (sulfide) groups is 1. The van der Waals surface area contributed by atoms with Crippen LogP contribution in [0.3, 0.4) is 0 Å². The molecule has 0 aliphatic heterocycles. The van der Waals surface area contributed by atoms with Gasteiger partial charge in [0.15, 0.2) is 0 Å². The Kier molecular flexibility index (Phi) is 5.23. The lowest BCUT2D eigenvalue weighted by molar-refractivity contribution is -0.142. The van der Waals surface area contributed by atoms with Crippen molar-refractivity contribution in [2.24, 2.45) is 5.73 Å². The van der Waals surface area contributed by atoms with Crippen molar-refractivity contribution in [1.82, 2.24) is 0 Å². The van der Waals surface area contributed by atoms with E-state index in [1.807, 2.05) is 0 Å². The van der Waals surface area contributed by atoms with E-state index in [2.05, 4.69) is 38.1 Å². The Hall–Kier alpha value is -1.00. The van der Waals surface area contributed by atoms with Crippen molar-refractivity contribution in [3.8, 4) is 0 Å². The fourth-order valence-corrected chi connectivity index (χ4v) is 2.53. The molecule has 1 aromatic carbocycles. The zero-order chi connectivity index (χ0) is 13.8. The van der Waals surface area contributed by atoms with Crippen LogP contribution >= 0.6 is 11.8 Å². The van der Waals surface area contributed by atoms with Gasteiger partial charge in [0, 0.05) is 10.6 Å². The second-order valence-electron chi connectivity index (χ2n) is 5.04. The largest absolute Gasteiger partial charge is 0.480 e. The van der Waals surface area contributed by atoms with Crippen LogP contribution in [0, 0.1) is 0 Å². The van der Waals surface area contributed by atoms with Crippen molar-refractivity contribution in [2.75, 3.05) is 5.75 Å². The molecule has 0 fully saturated rings. The Morgan fingerprint density at radius 1 is 1.39 bits per heavy atom. The number of carbonyl (C=O) groups is 1. The molecule has 0 saturated carbocycles. The van der Waals surface area contributed by atoms with E-state index < -0.39 is 11.5 Å². The van der Waals surface area contributed by atoms with E-state index in [0.717, 1.165) is 4.90 Å². The van der Waals surface area contributed by atoms with Crippen LogP contribution in [0.2, 0.25) is 0 Å². The average molecular weight is 267 g/mol. The molecule has 0 amide bonds. The standard InChI is InChI=1S/C14H21NO2S/c1-10(2)11-4-6-12(7-5-11)18-9-8-14(3,15)13(16)17/h4-7,10H,8-9,15H2,1-3H3,(H,16,17). The maximum atomic E-state index is 10.8. The molecule has 3 N–H and O–H groups in total. The van der Waals surface area contributed by atoms with Crippen LogP contribution in [0.4, 0.5) is 0 Å². The first-order valence-corrected chi connectivity index (χ1v) is 7.06. The third kappa shape index (κ3) is 4.35. The lowest BCUT2D eigenvalue weighted by atomic mass is 10.0. The highest BCUT2D eigenvalue weighted by Crippen LogP contribution is 2.23. The highest BCUT2D eigenvalue weighted by atomic mass is 32.2. The smallest absolute Gasteiger partial charge is 0.323 e. The summed E-state index contributed by atoms with van der Waals surface area (Å²) in [5, 5.41) is 8.90. The molecular weight excluding hydrogens is 246 g/mol. The molecule has 3 nitrogen and oxygen atoms in total. The first kappa shape index (κ1) is 15.1. The topological polar surface area (TPSA) is 63.3 Å². The van der Waals surface area contributed by atoms with Crippen molar-refractivity contribution in [1.29, 1.82) is 0 Å². The van der Waals surface area contributed by atoms with Gasteiger partial charge in [-0.1, -0.05) is 26.0 Å². The minimum absolute atomic E-state index is 0.457. The molecule has 4 heteroatoms. The number of hydrogen-bond acceptors (Lipinski definition) is 3. The molecule has 1 atom stereocenters. The SMILES string of the molecule is CC(C)c1ccc(SCCC(C)(N)C(=O)O)cc1. The number of carboxylic acids is 1. The fourth-order valence-electron chi connectivity index (χ4n) is 1.44. The molecular formula is C14H21NO2S. The van der Waals surface area contributed by atoms with Gasteiger partial charge in [-0.3, -0.25) is 4.79 Å². The van der Waals surface area contributed by atoms with Crippen LogP contribution in [-0.4, -0.2) is 22.4 Å². The van der Waals surface area contributed by atoms with Crippen molar-refractivity contribution in [3.05, 3.63) is 29.8 Å². The number of aliphatic carboxylic acids is 1. The molecule has 0 spiro atoms. The van der Waals surface area contributed by atoms with Gasteiger partial charge < -0.3 is 10.8 Å². The molecule has 0 aromatic heterocycles. The predicted octanol–water partition coefficient (Wildman–Crippen LogP) is 3.09. The summed E-state index contributed by atoms with van der Waals surface area (Å²) in [6.45, 7) is 5.88. The molecule has 18 heavy (non-hydrogen) atoms. The van der Waals surface area contributed by atoms with Crippen molar-refractivity contribution >= 4 is 17.7 Å². The Bertz CT molecular complexity index is 399. The molecule has 1 unspecified atom stereocenters. The highest BCUT2D eigenvalue weighted by molar-refractivity contribution is 7.99. The first-order chi connectivity index (χ1) is 8.33. The van der Waals surface area contributed by atoms with E-state index in [1.165, 1.54) is 5.56 Å². The second kappa shape index (κ2) is 6.25. The molecule has 0 aliphatic rings. The van der Waals surface area contributed by atoms with Crippen LogP contribution in [0.5, 0.6) is 0 Å². The molecule has 0 saturated heterocycles. The lowest BCUT2D eigenvalue weighted by Crippen LogP contribution is -2.45. The quantitative estimate of drug-likeness (QED) is 0.777. The molecule has 100 valence electrons. The van der Waals surface area contributed by atoms with Gasteiger partial charge in [0.1, 0.15) is 5.54 Å². The number of benzene rings is 1. The Morgan fingerprint density at radius 3 is 2.39 bits per heavy atom. The lowest BCUT2D eigenvalue weighted by Gasteiger charge is -2.18. The maximum Gasteiger partial charge on any atom is 0.323 e. The number of nitrogens with two attached hydrogens (primary N) is 1. The van der Waals surface area contributed by atoms with Crippen molar-refractivity contribution < 1.29 is 9.90 Å². The van der Waals surface area contributed by atoms with Crippen LogP contribution in [0.1, 0.15) is 38.7 Å². The zero-order valence-electron chi connectivity index (χ0n) is 11.1. The highest BCUT2D eigenvalue weighted by Gasteiger charge is 2.26. The van der Waals surface area contributed by atoms with E-state index in [1.54, 1.807) is 18.7 Å². The summed E-state index contributed by atoms with van der Waals surface area (Å²) in [6.07, 6.45) is 0.457. The molecule has 0 aliphatic carbocycles. The van der Waals surface area contributed by atoms with Gasteiger partial charge in [-0.05, 0) is 37.0 Å². The van der Waals surface area contributed by atoms with Gasteiger partial charge in [0.05, 0.1) is 0 Å². The monoisotopic (exact) mass is 267 g/mol. The van der Waals surface area contributed by atoms with Crippen LogP contribution in [0.25, 0.3) is 0 Å². The van der Waals surface area contributed by atoms with Crippen LogP contribution < -0.4 is 5.73 Å². The summed E-state index contributed by atoms with van der Waals surface area (Å²) in [6, 6.07) is 8.39. The Balaban J connectivity index is 2.47. The third-order valence-corrected chi connectivity index (χ3v) is 3.94. The summed E-state index contributed by atoms with van der Waals surface area (Å²) in [5.74, 6) is 0.294. The molecule has 0 heterocycles. The number of rotatable bonds is 6. The van der Waals surface area contributed by atoms with E-state index >= 15 is 0 Å². The fraction of sp³-hybridized carbons (Fsp3) is 0.500. The number of carboxylic acid groups (broad SMARTS) is 1. The normalized spacial score (nSPS) is 14.5. The van der Waals surface area contributed by atoms with Gasteiger partial charge in [-0.2, -0.15) is 0 Å². The maximum absolute atomic E-state index is 10.8. The minimum Gasteiger partial charge on any atom is -0.480 e. The van der Waals surface area contributed by atoms with Gasteiger partial charge in [-0.25, -0.2) is 0 Å². The van der Waals surface area contributed by atoms with Crippen molar-refractivity contribution in [2.45, 2.75) is 43.5 Å². The van der Waals surface area contributed by atoms with E-state index in [9.17, 15) is 4.79 Å². The molecule has 0 radical (unpaired) electrons. The van der Waals surface area contributed by atoms with Gasteiger partial charge in [0.2, 0.25) is 0 Å². The van der Waals surface area contributed by atoms with Crippen LogP contribution in [0.15, 0.2) is 29.2 Å². The van der Waals surface area contributed by atoms with Gasteiger partial charge in [0.25, 0.3) is 0 Å². The summed E-state index contributed by atoms with van der Waals surface area (Å²) in [7, 11) is 0. The first-order valence-electron chi connectivity index (χ1n) is 6.08. The average Bonchev–Trinajstić information content (AvgIpc) is 2.29. The van der Waals surface area contributed by atoms with E-state index in [4.69, 9.17) is 10.8 Å². The summed E-state index contributed by atoms with van der Waals surface area (Å²) in [5.41, 5.74) is 5.85. The Morgan fingerprint density at radius 2 is 1.94 bits per heavy atom. The zero-order valence-corrected chi connectivity index (χ0v) is 12.0.